The molecule has 6 atom stereocenters. The zero-order chi connectivity index (χ0) is 73.2. The maximum absolute atomic E-state index is 14.0. The smallest absolute Gasteiger partial charge is 0.417 e. The number of nitrogens with one attached hydrogen (secondary N) is 3. The first-order chi connectivity index (χ1) is 48.0. The molecule has 0 bridgehead atoms. The highest BCUT2D eigenvalue weighted by molar-refractivity contribution is 7.86. The Morgan fingerprint density at radius 2 is 1.34 bits per heavy atom. The Hall–Kier alpha value is -7.30. The van der Waals surface area contributed by atoms with Crippen molar-refractivity contribution in [3.05, 3.63) is 99.4 Å². The van der Waals surface area contributed by atoms with Gasteiger partial charge in [0.15, 0.2) is 6.29 Å². The summed E-state index contributed by atoms with van der Waals surface area (Å²) < 4.78 is 140. The van der Waals surface area contributed by atoms with Gasteiger partial charge in [0.05, 0.1) is 135 Å². The molecule has 8 N–H and O–H groups in total. The minimum atomic E-state index is -4.91. The number of benzene rings is 2. The standard InChI is InChI=1S/C65H93F3N10O22S/c1-63(2,3)100-62(86)71-51(33-45-39-76(74-72-45)17-21-91-25-28-94-29-30-95-31-32-96-47-12-10-43(11-13-47)14-19-97-61-59(84)58(83)57(82)54(41-79)99-61)60(85)69-15-20-90-23-26-93-27-24-92-22-18-77-40-46(73-75-77)38-70-55(80)9-7-6-8-16-78-52-36-53-49(50(65(66,67)68)35-56(81)98-53)34-48(52)44(37-64(78,4)5)42-101(87,88)89/h10-13,34-37,39-40,51,54,57-59,61,79,82-84H,6-9,14-33,38,41-42H2,1-5H3,(H,69,85)(H,70,80)(H,71,86)(H,87,88,89)/t51-,54+,57+,58-,59+,61+/m0/s1. The Bertz CT molecular complexity index is 3610. The van der Waals surface area contributed by atoms with Crippen LogP contribution < -0.4 is 31.2 Å². The van der Waals surface area contributed by atoms with Gasteiger partial charge in [-0.15, -0.1) is 10.2 Å². The molecular weight excluding hydrogens is 1360 g/mol. The van der Waals surface area contributed by atoms with Gasteiger partial charge in [-0.2, -0.15) is 21.6 Å². The third-order valence-corrected chi connectivity index (χ3v) is 16.3. The summed E-state index contributed by atoms with van der Waals surface area (Å²) in [6, 6.07) is 9.06. The molecule has 0 unspecified atom stereocenters. The van der Waals surface area contributed by atoms with Crippen molar-refractivity contribution in [2.24, 2.45) is 0 Å². The maximum atomic E-state index is 14.0. The third kappa shape index (κ3) is 27.4. The monoisotopic (exact) mass is 1450 g/mol. The van der Waals surface area contributed by atoms with E-state index in [9.17, 15) is 65.7 Å². The molecule has 2 aromatic carbocycles. The van der Waals surface area contributed by atoms with Crippen molar-refractivity contribution < 1.29 is 113 Å². The molecule has 2 aliphatic rings. The van der Waals surface area contributed by atoms with Crippen molar-refractivity contribution >= 4 is 50.3 Å². The molecule has 36 heteroatoms. The van der Waals surface area contributed by atoms with E-state index in [4.69, 9.17) is 51.8 Å². The van der Waals surface area contributed by atoms with Crippen molar-refractivity contribution in [2.75, 3.05) is 123 Å². The number of aliphatic hydroxyl groups is 4. The van der Waals surface area contributed by atoms with E-state index in [0.717, 1.165) is 11.6 Å². The maximum Gasteiger partial charge on any atom is 0.417 e. The van der Waals surface area contributed by atoms with Crippen molar-refractivity contribution in [3.8, 4) is 5.75 Å². The number of unbranched alkanes of at least 4 members (excludes halogenated alkanes) is 2. The normalized spacial score (nSPS) is 18.1. The van der Waals surface area contributed by atoms with Gasteiger partial charge in [-0.25, -0.2) is 19.0 Å². The molecule has 0 aliphatic carbocycles. The average molecular weight is 1460 g/mol. The second kappa shape index (κ2) is 39.4. The van der Waals surface area contributed by atoms with E-state index in [1.54, 1.807) is 74.6 Å². The van der Waals surface area contributed by atoms with E-state index in [1.807, 2.05) is 17.0 Å². The number of carbonyl (C=O) groups excluding carboxylic acids is 3. The lowest BCUT2D eigenvalue weighted by Gasteiger charge is -2.44. The molecule has 0 radical (unpaired) electrons. The summed E-state index contributed by atoms with van der Waals surface area (Å²) in [5, 5.41) is 63.7. The summed E-state index contributed by atoms with van der Waals surface area (Å²) >= 11 is 0. The first-order valence-corrected chi connectivity index (χ1v) is 34.7. The SMILES string of the molecule is CC(C)(C)OC(=O)N[C@@H](Cc1cn(CCOCCOCCOCCOc2ccc(CCO[C@@H]3O[C@H](CO)[C@@H](O)[C@H](O)[C@H]3O)cc2)nn1)C(=O)NCCOCCOCCOCCn1cc(CNC(=O)CCCCCN2c3cc4oc(=O)cc(C(F)(F)F)c4cc3C(CS(=O)(=O)O)=CC2(C)C)nn1. The Morgan fingerprint density at radius 1 is 0.733 bits per heavy atom. The second-order valence-electron chi connectivity index (χ2n) is 25.3. The number of amides is 3. The summed E-state index contributed by atoms with van der Waals surface area (Å²) in [5.41, 5.74) is -1.99. The zero-order valence-electron chi connectivity index (χ0n) is 57.2. The fraction of sp³-hybridized carbons (Fsp3) is 0.631. The lowest BCUT2D eigenvalue weighted by molar-refractivity contribution is -0.300. The minimum Gasteiger partial charge on any atom is -0.491 e. The number of aliphatic hydroxyl groups excluding tert-OH is 4. The number of nitrogens with zero attached hydrogens (tertiary/aromatic N) is 7. The van der Waals surface area contributed by atoms with Crippen LogP contribution >= 0.6 is 0 Å². The van der Waals surface area contributed by atoms with Gasteiger partial charge in [-0.05, 0) is 83.2 Å². The molecule has 0 spiro atoms. The van der Waals surface area contributed by atoms with Gasteiger partial charge >= 0.3 is 17.9 Å². The lowest BCUT2D eigenvalue weighted by Crippen LogP contribution is -2.59. The van der Waals surface area contributed by atoms with Crippen LogP contribution in [-0.2, 0) is 101 Å². The number of rotatable bonds is 44. The first-order valence-electron chi connectivity index (χ1n) is 33.1. The molecular formula is C65H93F3N10O22S. The van der Waals surface area contributed by atoms with Crippen LogP contribution in [0, 0.1) is 0 Å². The highest BCUT2D eigenvalue weighted by Crippen LogP contribution is 2.44. The van der Waals surface area contributed by atoms with Crippen LogP contribution in [0.5, 0.6) is 5.75 Å². The molecule has 0 saturated carbocycles. The van der Waals surface area contributed by atoms with E-state index in [-0.39, 0.29) is 81.6 Å². The van der Waals surface area contributed by atoms with Crippen molar-refractivity contribution in [2.45, 2.75) is 147 Å². The Morgan fingerprint density at radius 3 is 1.95 bits per heavy atom. The molecule has 3 aromatic heterocycles. The number of hydrogen-bond acceptors (Lipinski definition) is 26. The van der Waals surface area contributed by atoms with Crippen LogP contribution in [0.15, 0.2) is 70.1 Å². The molecule has 32 nitrogen and oxygen atoms in total. The van der Waals surface area contributed by atoms with Crippen LogP contribution in [0.1, 0.15) is 88.4 Å². The van der Waals surface area contributed by atoms with Gasteiger partial charge in [0.25, 0.3) is 10.1 Å². The van der Waals surface area contributed by atoms with Gasteiger partial charge in [0.2, 0.25) is 11.8 Å². The number of halogens is 3. The molecule has 5 heterocycles. The van der Waals surface area contributed by atoms with Crippen LogP contribution in [0.2, 0.25) is 0 Å². The van der Waals surface area contributed by atoms with Crippen molar-refractivity contribution in [1.29, 1.82) is 0 Å². The Kier molecular flexibility index (Phi) is 31.6. The number of anilines is 1. The summed E-state index contributed by atoms with van der Waals surface area (Å²) in [6.07, 6.45) is -5.08. The number of carbonyl (C=O) groups is 3. The minimum absolute atomic E-state index is 0.0221. The van der Waals surface area contributed by atoms with E-state index >= 15 is 0 Å². The summed E-state index contributed by atoms with van der Waals surface area (Å²) in [5.74, 6) is -0.897. The molecule has 7 rings (SSSR count). The summed E-state index contributed by atoms with van der Waals surface area (Å²) in [7, 11) is -4.59. The molecule has 1 fully saturated rings. The quantitative estimate of drug-likeness (QED) is 0.0158. The van der Waals surface area contributed by atoms with Crippen LogP contribution in [0.4, 0.5) is 23.7 Å². The van der Waals surface area contributed by atoms with Crippen LogP contribution in [-0.4, -0.2) is 247 Å². The van der Waals surface area contributed by atoms with Crippen molar-refractivity contribution in [1.82, 2.24) is 45.9 Å². The van der Waals surface area contributed by atoms with Gasteiger partial charge in [-0.1, -0.05) is 35.1 Å². The molecule has 1 saturated heterocycles. The second-order valence-corrected chi connectivity index (χ2v) is 26.7. The largest absolute Gasteiger partial charge is 0.491 e. The lowest BCUT2D eigenvalue weighted by atomic mass is 9.87. The van der Waals surface area contributed by atoms with E-state index < -0.39 is 105 Å². The zero-order valence-corrected chi connectivity index (χ0v) is 58.0. The van der Waals surface area contributed by atoms with E-state index in [2.05, 4.69) is 36.6 Å². The molecule has 2 aliphatic heterocycles. The molecule has 3 amide bonds. The fourth-order valence-corrected chi connectivity index (χ4v) is 11.3. The average Bonchev–Trinajstić information content (AvgIpc) is 0.787. The molecule has 5 aromatic rings. The first kappa shape index (κ1) is 81.0. The number of aromatic nitrogens is 6. The predicted octanol–water partition coefficient (Wildman–Crippen LogP) is 2.53. The number of fused-ring (bicyclic) bond motifs is 2. The number of alkyl carbamates (subject to hydrolysis) is 1. The van der Waals surface area contributed by atoms with Crippen LogP contribution in [0.25, 0.3) is 16.5 Å². The van der Waals surface area contributed by atoms with E-state index in [1.165, 1.54) is 6.07 Å². The molecule has 562 valence electrons. The highest BCUT2D eigenvalue weighted by Gasteiger charge is 2.44. The highest BCUT2D eigenvalue weighted by atomic mass is 32.2. The van der Waals surface area contributed by atoms with Gasteiger partial charge < -0.3 is 93.1 Å². The fourth-order valence-electron chi connectivity index (χ4n) is 10.7. The number of alkyl halides is 3. The van der Waals surface area contributed by atoms with Crippen molar-refractivity contribution in [3.63, 3.8) is 0 Å². The number of ether oxygens (including phenoxy) is 10. The van der Waals surface area contributed by atoms with E-state index in [0.29, 0.717) is 134 Å². The van der Waals surface area contributed by atoms with Gasteiger partial charge in [0, 0.05) is 60.9 Å². The molecule has 101 heavy (non-hydrogen) atoms. The topological polar surface area (TPSA) is 410 Å². The van der Waals surface area contributed by atoms with Gasteiger partial charge in [0.1, 0.15) is 65.4 Å². The Labute approximate surface area is 581 Å². The van der Waals surface area contributed by atoms with Gasteiger partial charge in [-0.3, -0.25) is 14.1 Å². The predicted molar refractivity (Wildman–Crippen MR) is 354 cm³/mol. The Balaban J connectivity index is 0.679. The van der Waals surface area contributed by atoms with Crippen LogP contribution in [0.3, 0.4) is 0 Å². The summed E-state index contributed by atoms with van der Waals surface area (Å²) in [4.78, 5) is 52.9. The summed E-state index contributed by atoms with van der Waals surface area (Å²) in [6.45, 7) is 13.6. The third-order valence-electron chi connectivity index (χ3n) is 15.6. The number of hydrogen-bond donors (Lipinski definition) is 8.